The summed E-state index contributed by atoms with van der Waals surface area (Å²) in [5.74, 6) is -1.28. The lowest BCUT2D eigenvalue weighted by Gasteiger charge is -2.13. The number of amides is 1. The number of carboxylic acids is 1. The third-order valence-corrected chi connectivity index (χ3v) is 3.14. The number of halogens is 1. The van der Waals surface area contributed by atoms with Crippen LogP contribution in [0, 0.1) is 10.1 Å². The highest BCUT2D eigenvalue weighted by Gasteiger charge is 2.20. The summed E-state index contributed by atoms with van der Waals surface area (Å²) in [6.45, 7) is 3.69. The zero-order valence-corrected chi connectivity index (χ0v) is 14.8. The second kappa shape index (κ2) is 11.2. The van der Waals surface area contributed by atoms with Gasteiger partial charge in [-0.1, -0.05) is 13.3 Å². The molecule has 1 rings (SSSR count). The standard InChI is InChI=1S/C15H21N3O6.ClH/c1-3-5-12(15(20)21)16-9-14(19)17-11-7-6-10(24-4-2)8-13(11)18(22)23;/h6-8,12,16H,3-5,9H2,1-2H3,(H,17,19)(H,20,21);1H. The molecule has 0 aromatic heterocycles. The van der Waals surface area contributed by atoms with Gasteiger partial charge in [0.1, 0.15) is 17.5 Å². The van der Waals surface area contributed by atoms with E-state index in [1.54, 1.807) is 6.92 Å². The van der Waals surface area contributed by atoms with Gasteiger partial charge in [-0.15, -0.1) is 12.4 Å². The molecule has 0 bridgehead atoms. The number of ether oxygens (including phenoxy) is 1. The summed E-state index contributed by atoms with van der Waals surface area (Å²) in [5, 5.41) is 25.1. The monoisotopic (exact) mass is 375 g/mol. The molecule has 3 N–H and O–H groups in total. The van der Waals surface area contributed by atoms with Gasteiger partial charge in [0.2, 0.25) is 5.91 Å². The molecule has 1 aromatic carbocycles. The number of hydrogen-bond acceptors (Lipinski definition) is 6. The molecule has 140 valence electrons. The molecule has 1 amide bonds. The van der Waals surface area contributed by atoms with Crippen molar-refractivity contribution in [3.05, 3.63) is 28.3 Å². The molecule has 0 spiro atoms. The van der Waals surface area contributed by atoms with E-state index in [1.165, 1.54) is 18.2 Å². The van der Waals surface area contributed by atoms with Gasteiger partial charge in [0.15, 0.2) is 0 Å². The molecule has 0 fully saturated rings. The molecule has 0 aliphatic rings. The van der Waals surface area contributed by atoms with Crippen molar-refractivity contribution >= 4 is 35.7 Å². The molecule has 10 heteroatoms. The van der Waals surface area contributed by atoms with Gasteiger partial charge < -0.3 is 15.2 Å². The molecular formula is C15H22ClN3O6. The topological polar surface area (TPSA) is 131 Å². The van der Waals surface area contributed by atoms with Gasteiger partial charge in [0.25, 0.3) is 5.69 Å². The van der Waals surface area contributed by atoms with E-state index < -0.39 is 22.8 Å². The van der Waals surface area contributed by atoms with Gasteiger partial charge in [-0.25, -0.2) is 0 Å². The zero-order valence-electron chi connectivity index (χ0n) is 14.0. The van der Waals surface area contributed by atoms with Crippen LogP contribution in [0.3, 0.4) is 0 Å². The molecule has 0 radical (unpaired) electrons. The second-order valence-electron chi connectivity index (χ2n) is 4.98. The smallest absolute Gasteiger partial charge is 0.320 e. The number of carbonyl (C=O) groups is 2. The number of benzene rings is 1. The van der Waals surface area contributed by atoms with Crippen LogP contribution in [0.15, 0.2) is 18.2 Å². The lowest BCUT2D eigenvalue weighted by atomic mass is 10.1. The van der Waals surface area contributed by atoms with Crippen molar-refractivity contribution in [2.75, 3.05) is 18.5 Å². The summed E-state index contributed by atoms with van der Waals surface area (Å²) >= 11 is 0. The van der Waals surface area contributed by atoms with Crippen LogP contribution < -0.4 is 15.4 Å². The van der Waals surface area contributed by atoms with E-state index in [1.807, 2.05) is 6.92 Å². The maximum atomic E-state index is 11.9. The van der Waals surface area contributed by atoms with Crippen LogP contribution in [0.1, 0.15) is 26.7 Å². The van der Waals surface area contributed by atoms with Crippen molar-refractivity contribution in [2.45, 2.75) is 32.7 Å². The lowest BCUT2D eigenvalue weighted by molar-refractivity contribution is -0.384. The third kappa shape index (κ3) is 7.36. The summed E-state index contributed by atoms with van der Waals surface area (Å²) in [7, 11) is 0. The van der Waals surface area contributed by atoms with Gasteiger partial charge in [-0.3, -0.25) is 25.0 Å². The van der Waals surface area contributed by atoms with Crippen LogP contribution in [0.2, 0.25) is 0 Å². The van der Waals surface area contributed by atoms with E-state index in [2.05, 4.69) is 10.6 Å². The van der Waals surface area contributed by atoms with E-state index in [4.69, 9.17) is 9.84 Å². The lowest BCUT2D eigenvalue weighted by Crippen LogP contribution is -2.41. The highest BCUT2D eigenvalue weighted by molar-refractivity contribution is 5.94. The zero-order chi connectivity index (χ0) is 18.1. The number of rotatable bonds is 10. The van der Waals surface area contributed by atoms with E-state index in [-0.39, 0.29) is 30.3 Å². The Kier molecular flexibility index (Phi) is 10.1. The minimum atomic E-state index is -1.04. The molecule has 1 atom stereocenters. The summed E-state index contributed by atoms with van der Waals surface area (Å²) < 4.78 is 5.19. The molecular weight excluding hydrogens is 354 g/mol. The van der Waals surface area contributed by atoms with Gasteiger partial charge in [-0.2, -0.15) is 0 Å². The average molecular weight is 376 g/mol. The van der Waals surface area contributed by atoms with Gasteiger partial charge in [0, 0.05) is 0 Å². The van der Waals surface area contributed by atoms with Crippen LogP contribution >= 0.6 is 12.4 Å². The van der Waals surface area contributed by atoms with Crippen LogP contribution in [-0.2, 0) is 9.59 Å². The SMILES string of the molecule is CCCC(NCC(=O)Nc1ccc(OCC)cc1[N+](=O)[O-])C(=O)O.Cl. The van der Waals surface area contributed by atoms with E-state index in [0.29, 0.717) is 25.2 Å². The van der Waals surface area contributed by atoms with Crippen molar-refractivity contribution in [2.24, 2.45) is 0 Å². The number of nitrogens with one attached hydrogen (secondary N) is 2. The van der Waals surface area contributed by atoms with Gasteiger partial charge in [-0.05, 0) is 25.5 Å². The number of carbonyl (C=O) groups excluding carboxylic acids is 1. The average Bonchev–Trinajstić information content (AvgIpc) is 2.52. The number of nitro benzene ring substituents is 1. The normalized spacial score (nSPS) is 11.1. The van der Waals surface area contributed by atoms with Crippen LogP contribution in [0.4, 0.5) is 11.4 Å². The van der Waals surface area contributed by atoms with Crippen molar-refractivity contribution in [3.8, 4) is 5.75 Å². The molecule has 0 saturated carbocycles. The van der Waals surface area contributed by atoms with Crippen LogP contribution in [-0.4, -0.2) is 41.1 Å². The number of nitro groups is 1. The van der Waals surface area contributed by atoms with Gasteiger partial charge in [0.05, 0.1) is 24.1 Å². The maximum absolute atomic E-state index is 11.9. The fraction of sp³-hybridized carbons (Fsp3) is 0.467. The molecule has 1 unspecified atom stereocenters. The van der Waals surface area contributed by atoms with Gasteiger partial charge >= 0.3 is 5.97 Å². The third-order valence-electron chi connectivity index (χ3n) is 3.14. The second-order valence-corrected chi connectivity index (χ2v) is 4.98. The maximum Gasteiger partial charge on any atom is 0.320 e. The van der Waals surface area contributed by atoms with Crippen LogP contribution in [0.25, 0.3) is 0 Å². The van der Waals surface area contributed by atoms with Crippen molar-refractivity contribution < 1.29 is 24.4 Å². The van der Waals surface area contributed by atoms with Crippen LogP contribution in [0.5, 0.6) is 5.75 Å². The van der Waals surface area contributed by atoms with Crippen molar-refractivity contribution in [1.82, 2.24) is 5.32 Å². The molecule has 0 saturated heterocycles. The minimum absolute atomic E-state index is 0. The van der Waals surface area contributed by atoms with E-state index in [9.17, 15) is 19.7 Å². The Labute approximate surface area is 151 Å². The Hall–Kier alpha value is -2.39. The minimum Gasteiger partial charge on any atom is -0.494 e. The molecule has 1 aromatic rings. The predicted molar refractivity (Wildman–Crippen MR) is 94.5 cm³/mol. The number of aliphatic carboxylic acids is 1. The van der Waals surface area contributed by atoms with Crippen molar-refractivity contribution in [1.29, 1.82) is 0 Å². The predicted octanol–water partition coefficient (Wildman–Crippen LogP) is 2.20. The Bertz CT molecular complexity index is 611. The summed E-state index contributed by atoms with van der Waals surface area (Å²) in [5.41, 5.74) is -0.268. The summed E-state index contributed by atoms with van der Waals surface area (Å²) in [6.07, 6.45) is 1.03. The first-order valence-electron chi connectivity index (χ1n) is 7.56. The number of anilines is 1. The summed E-state index contributed by atoms with van der Waals surface area (Å²) in [6, 6.07) is 3.28. The molecule has 9 nitrogen and oxygen atoms in total. The molecule has 0 heterocycles. The Morgan fingerprint density at radius 2 is 2.04 bits per heavy atom. The first-order valence-corrected chi connectivity index (χ1v) is 7.56. The van der Waals surface area contributed by atoms with Crippen molar-refractivity contribution in [3.63, 3.8) is 0 Å². The Morgan fingerprint density at radius 3 is 2.56 bits per heavy atom. The van der Waals surface area contributed by atoms with E-state index >= 15 is 0 Å². The number of nitrogens with zero attached hydrogens (tertiary/aromatic N) is 1. The quantitative estimate of drug-likeness (QED) is 0.422. The molecule has 0 aliphatic heterocycles. The fourth-order valence-electron chi connectivity index (χ4n) is 2.04. The first-order chi connectivity index (χ1) is 11.4. The number of carboxylic acid groups (broad SMARTS) is 1. The van der Waals surface area contributed by atoms with E-state index in [0.717, 1.165) is 0 Å². The largest absolute Gasteiger partial charge is 0.494 e. The number of hydrogen-bond donors (Lipinski definition) is 3. The first kappa shape index (κ1) is 22.6. The highest BCUT2D eigenvalue weighted by Crippen LogP contribution is 2.29. The summed E-state index contributed by atoms with van der Waals surface area (Å²) in [4.78, 5) is 33.4. The molecule has 0 aliphatic carbocycles. The highest BCUT2D eigenvalue weighted by atomic mass is 35.5. The fourth-order valence-corrected chi connectivity index (χ4v) is 2.04. The Morgan fingerprint density at radius 1 is 1.36 bits per heavy atom. The Balaban J connectivity index is 0.00000576. The molecule has 25 heavy (non-hydrogen) atoms.